The number of nitrogens with zero attached hydrogens (tertiary/aromatic N) is 2. The number of rotatable bonds is 5. The lowest BCUT2D eigenvalue weighted by Gasteiger charge is -2.19. The average molecular weight is 376 g/mol. The predicted molar refractivity (Wildman–Crippen MR) is 106 cm³/mol. The lowest BCUT2D eigenvalue weighted by molar-refractivity contribution is -0.115. The smallest absolute Gasteiger partial charge is 0.230 e. The number of aryl methyl sites for hydroxylation is 1. The second-order valence-electron chi connectivity index (χ2n) is 6.44. The highest BCUT2D eigenvalue weighted by molar-refractivity contribution is 5.91. The molecule has 7 nitrogen and oxygen atoms in total. The van der Waals surface area contributed by atoms with Crippen LogP contribution >= 0.6 is 0 Å². The minimum Gasteiger partial charge on any atom is -0.486 e. The molecule has 2 N–H and O–H groups in total. The van der Waals surface area contributed by atoms with Gasteiger partial charge in [-0.2, -0.15) is 0 Å². The van der Waals surface area contributed by atoms with E-state index < -0.39 is 0 Å². The van der Waals surface area contributed by atoms with Crippen molar-refractivity contribution in [2.75, 3.05) is 23.8 Å². The van der Waals surface area contributed by atoms with Gasteiger partial charge in [-0.3, -0.25) is 4.79 Å². The number of amides is 1. The van der Waals surface area contributed by atoms with Gasteiger partial charge >= 0.3 is 0 Å². The molecule has 0 bridgehead atoms. The molecule has 0 aliphatic carbocycles. The maximum Gasteiger partial charge on any atom is 0.230 e. The van der Waals surface area contributed by atoms with Crippen LogP contribution in [0, 0.1) is 6.92 Å². The summed E-state index contributed by atoms with van der Waals surface area (Å²) in [4.78, 5) is 12.2. The Morgan fingerprint density at radius 2 is 1.71 bits per heavy atom. The maximum absolute atomic E-state index is 12.2. The van der Waals surface area contributed by atoms with Crippen molar-refractivity contribution >= 4 is 23.2 Å². The first-order valence-corrected chi connectivity index (χ1v) is 9.02. The third kappa shape index (κ3) is 4.20. The zero-order valence-electron chi connectivity index (χ0n) is 15.4. The SMILES string of the molecule is Cc1ccccc1CC(=O)Nc1ccc(Nc2ccc3c(c2)OCCO3)nn1. The van der Waals surface area contributed by atoms with Crippen LogP contribution in [0.3, 0.4) is 0 Å². The van der Waals surface area contributed by atoms with Gasteiger partial charge in [0.15, 0.2) is 23.1 Å². The van der Waals surface area contributed by atoms with Crippen LogP contribution in [0.1, 0.15) is 11.1 Å². The van der Waals surface area contributed by atoms with E-state index in [1.54, 1.807) is 12.1 Å². The maximum atomic E-state index is 12.2. The fourth-order valence-corrected chi connectivity index (χ4v) is 2.90. The van der Waals surface area contributed by atoms with Crippen molar-refractivity contribution < 1.29 is 14.3 Å². The van der Waals surface area contributed by atoms with Gasteiger partial charge in [0.2, 0.25) is 5.91 Å². The molecule has 0 saturated carbocycles. The van der Waals surface area contributed by atoms with Crippen molar-refractivity contribution in [1.29, 1.82) is 0 Å². The van der Waals surface area contributed by atoms with Crippen molar-refractivity contribution in [2.45, 2.75) is 13.3 Å². The molecule has 1 amide bonds. The Balaban J connectivity index is 1.37. The van der Waals surface area contributed by atoms with Gasteiger partial charge in [-0.05, 0) is 42.3 Å². The topological polar surface area (TPSA) is 85.4 Å². The molecule has 4 rings (SSSR count). The highest BCUT2D eigenvalue weighted by Crippen LogP contribution is 2.33. The van der Waals surface area contributed by atoms with Crippen LogP contribution in [0.25, 0.3) is 0 Å². The molecule has 7 heteroatoms. The molecule has 28 heavy (non-hydrogen) atoms. The van der Waals surface area contributed by atoms with Gasteiger partial charge < -0.3 is 20.1 Å². The van der Waals surface area contributed by atoms with Crippen LogP contribution in [0.5, 0.6) is 11.5 Å². The third-order valence-electron chi connectivity index (χ3n) is 4.36. The van der Waals surface area contributed by atoms with Crippen molar-refractivity contribution in [3.05, 3.63) is 65.7 Å². The fraction of sp³-hybridized carbons (Fsp3) is 0.190. The van der Waals surface area contributed by atoms with E-state index in [2.05, 4.69) is 20.8 Å². The molecule has 2 aromatic carbocycles. The van der Waals surface area contributed by atoms with E-state index >= 15 is 0 Å². The predicted octanol–water partition coefficient (Wildman–Crippen LogP) is 3.48. The molecule has 1 aliphatic rings. The number of hydrogen-bond acceptors (Lipinski definition) is 6. The van der Waals surface area contributed by atoms with E-state index in [1.165, 1.54) is 0 Å². The number of aromatic nitrogens is 2. The lowest BCUT2D eigenvalue weighted by atomic mass is 10.1. The molecule has 0 unspecified atom stereocenters. The standard InChI is InChI=1S/C21H20N4O3/c1-14-4-2-3-5-15(14)12-21(26)23-20-9-8-19(24-25-20)22-16-6-7-17-18(13-16)28-11-10-27-17/h2-9,13H,10-12H2,1H3,(H,22,24)(H,23,25,26). The fourth-order valence-electron chi connectivity index (χ4n) is 2.90. The van der Waals surface area contributed by atoms with Crippen LogP contribution in [-0.2, 0) is 11.2 Å². The minimum atomic E-state index is -0.129. The van der Waals surface area contributed by atoms with E-state index in [0.717, 1.165) is 22.6 Å². The monoisotopic (exact) mass is 376 g/mol. The van der Waals surface area contributed by atoms with Crippen molar-refractivity contribution in [2.24, 2.45) is 0 Å². The van der Waals surface area contributed by atoms with E-state index in [4.69, 9.17) is 9.47 Å². The van der Waals surface area contributed by atoms with E-state index in [-0.39, 0.29) is 5.91 Å². The van der Waals surface area contributed by atoms with Crippen LogP contribution in [0.2, 0.25) is 0 Å². The normalized spacial score (nSPS) is 12.3. The molecule has 2 heterocycles. The average Bonchev–Trinajstić information content (AvgIpc) is 2.71. The Hall–Kier alpha value is -3.61. The zero-order chi connectivity index (χ0) is 19.3. The van der Waals surface area contributed by atoms with Crippen LogP contribution in [-0.4, -0.2) is 29.3 Å². The molecule has 1 aliphatic heterocycles. The molecule has 0 saturated heterocycles. The Morgan fingerprint density at radius 3 is 2.50 bits per heavy atom. The van der Waals surface area contributed by atoms with Gasteiger partial charge in [-0.25, -0.2) is 0 Å². The number of carbonyl (C=O) groups is 1. The molecule has 0 atom stereocenters. The number of benzene rings is 2. The quantitative estimate of drug-likeness (QED) is 0.709. The second-order valence-corrected chi connectivity index (χ2v) is 6.44. The first kappa shape index (κ1) is 17.8. The minimum absolute atomic E-state index is 0.129. The van der Waals surface area contributed by atoms with Gasteiger partial charge in [-0.1, -0.05) is 24.3 Å². The number of nitrogens with one attached hydrogen (secondary N) is 2. The molecule has 0 spiro atoms. The molecule has 3 aromatic rings. The van der Waals surface area contributed by atoms with E-state index in [1.807, 2.05) is 49.4 Å². The summed E-state index contributed by atoms with van der Waals surface area (Å²) in [5.41, 5.74) is 2.89. The van der Waals surface area contributed by atoms with Crippen molar-refractivity contribution in [3.63, 3.8) is 0 Å². The number of anilines is 3. The summed E-state index contributed by atoms with van der Waals surface area (Å²) in [7, 11) is 0. The summed E-state index contributed by atoms with van der Waals surface area (Å²) >= 11 is 0. The number of carbonyl (C=O) groups excluding carboxylic acids is 1. The summed E-state index contributed by atoms with van der Waals surface area (Å²) in [5.74, 6) is 2.27. The second kappa shape index (κ2) is 7.96. The van der Waals surface area contributed by atoms with Crippen LogP contribution in [0.15, 0.2) is 54.6 Å². The Kier molecular flexibility index (Phi) is 5.05. The highest BCUT2D eigenvalue weighted by atomic mass is 16.6. The Labute approximate surface area is 162 Å². The number of hydrogen-bond donors (Lipinski definition) is 2. The summed E-state index contributed by atoms with van der Waals surface area (Å²) < 4.78 is 11.1. The number of fused-ring (bicyclic) bond motifs is 1. The molecule has 0 fully saturated rings. The molecule has 1 aromatic heterocycles. The van der Waals surface area contributed by atoms with E-state index in [9.17, 15) is 4.79 Å². The Morgan fingerprint density at radius 1 is 0.964 bits per heavy atom. The first-order valence-electron chi connectivity index (χ1n) is 9.02. The van der Waals surface area contributed by atoms with Crippen molar-refractivity contribution in [1.82, 2.24) is 10.2 Å². The Bertz CT molecular complexity index is 989. The summed E-state index contributed by atoms with van der Waals surface area (Å²) in [6.45, 7) is 3.08. The summed E-state index contributed by atoms with van der Waals surface area (Å²) in [6, 6.07) is 16.9. The summed E-state index contributed by atoms with van der Waals surface area (Å²) in [6.07, 6.45) is 0.297. The van der Waals surface area contributed by atoms with E-state index in [0.29, 0.717) is 37.0 Å². The van der Waals surface area contributed by atoms with Gasteiger partial charge in [0.25, 0.3) is 0 Å². The molecular weight excluding hydrogens is 356 g/mol. The highest BCUT2D eigenvalue weighted by Gasteiger charge is 2.12. The number of ether oxygens (including phenoxy) is 2. The molecular formula is C21H20N4O3. The molecule has 0 radical (unpaired) electrons. The summed E-state index contributed by atoms with van der Waals surface area (Å²) in [5, 5.41) is 14.1. The van der Waals surface area contributed by atoms with Gasteiger partial charge in [0.1, 0.15) is 13.2 Å². The first-order chi connectivity index (χ1) is 13.7. The zero-order valence-corrected chi connectivity index (χ0v) is 15.4. The molecule has 142 valence electrons. The van der Waals surface area contributed by atoms with Gasteiger partial charge in [-0.15, -0.1) is 10.2 Å². The largest absolute Gasteiger partial charge is 0.486 e. The van der Waals surface area contributed by atoms with Gasteiger partial charge in [0, 0.05) is 11.8 Å². The lowest BCUT2D eigenvalue weighted by Crippen LogP contribution is -2.16. The van der Waals surface area contributed by atoms with Crippen LogP contribution < -0.4 is 20.1 Å². The van der Waals surface area contributed by atoms with Crippen molar-refractivity contribution in [3.8, 4) is 11.5 Å². The van der Waals surface area contributed by atoms with Gasteiger partial charge in [0.05, 0.1) is 6.42 Å². The third-order valence-corrected chi connectivity index (χ3v) is 4.36. The van der Waals surface area contributed by atoms with Crippen LogP contribution in [0.4, 0.5) is 17.3 Å².